The number of aliphatic hydroxyl groups excluding tert-OH is 3. The predicted molar refractivity (Wildman–Crippen MR) is 141 cm³/mol. The lowest BCUT2D eigenvalue weighted by Gasteiger charge is -2.41. The van der Waals surface area contributed by atoms with Gasteiger partial charge in [0.15, 0.2) is 34.9 Å². The maximum Gasteiger partial charge on any atom is 0.339 e. The van der Waals surface area contributed by atoms with Crippen molar-refractivity contribution in [2.45, 2.75) is 30.7 Å². The van der Waals surface area contributed by atoms with Crippen molar-refractivity contribution in [2.75, 3.05) is 13.7 Å². The quantitative estimate of drug-likeness (QED) is 0.109. The average Bonchev–Trinajstić information content (AvgIpc) is 2.93. The summed E-state index contributed by atoms with van der Waals surface area (Å²) in [7, 11) is 1.42. The first kappa shape index (κ1) is 29.3. The van der Waals surface area contributed by atoms with Crippen molar-refractivity contribution in [1.29, 1.82) is 0 Å². The van der Waals surface area contributed by atoms with Gasteiger partial charge in [0, 0.05) is 6.07 Å². The SMILES string of the molecule is COc1ccc(/C=C/c2cc(O)cc(O[C@H]3O[C@@H](CO)[C@@H](O)[C@H](O)[C@H]3OC(=O)c3cc(O)c(O)c(O)c3)c2)cc1O. The van der Waals surface area contributed by atoms with Crippen LogP contribution in [0.3, 0.4) is 0 Å². The van der Waals surface area contributed by atoms with Crippen molar-refractivity contribution in [3.63, 3.8) is 0 Å². The van der Waals surface area contributed by atoms with Crippen molar-refractivity contribution in [3.05, 3.63) is 65.2 Å². The highest BCUT2D eigenvalue weighted by atomic mass is 16.7. The first-order valence-corrected chi connectivity index (χ1v) is 12.1. The maximum atomic E-state index is 12.8. The monoisotopic (exact) mass is 572 g/mol. The molecule has 13 nitrogen and oxygen atoms in total. The van der Waals surface area contributed by atoms with E-state index in [1.54, 1.807) is 24.3 Å². The number of carbonyl (C=O) groups excluding carboxylic acids is 1. The van der Waals surface area contributed by atoms with Crippen molar-refractivity contribution < 1.29 is 64.6 Å². The van der Waals surface area contributed by atoms with Crippen LogP contribution < -0.4 is 9.47 Å². The van der Waals surface area contributed by atoms with E-state index in [1.807, 2.05) is 0 Å². The summed E-state index contributed by atoms with van der Waals surface area (Å²) < 4.78 is 21.6. The zero-order valence-electron chi connectivity index (χ0n) is 21.5. The van der Waals surface area contributed by atoms with Gasteiger partial charge in [-0.3, -0.25) is 0 Å². The molecule has 1 fully saturated rings. The Hall–Kier alpha value is -4.69. The van der Waals surface area contributed by atoms with E-state index in [4.69, 9.17) is 18.9 Å². The van der Waals surface area contributed by atoms with Crippen LogP contribution >= 0.6 is 0 Å². The molecule has 1 saturated heterocycles. The van der Waals surface area contributed by atoms with Gasteiger partial charge in [0.1, 0.15) is 29.8 Å². The molecule has 0 amide bonds. The number of hydrogen-bond donors (Lipinski definition) is 8. The van der Waals surface area contributed by atoms with Crippen molar-refractivity contribution in [1.82, 2.24) is 0 Å². The fourth-order valence-electron chi connectivity index (χ4n) is 4.10. The van der Waals surface area contributed by atoms with Crippen LogP contribution in [-0.2, 0) is 9.47 Å². The standard InChI is InChI=1S/C28H28O13/c1-38-21-5-4-13(8-18(21)31)2-3-14-6-16(30)11-17(7-14)39-28-26(25(36)24(35)22(12-29)40-28)41-27(37)15-9-19(32)23(34)20(33)10-15/h2-11,22,24-26,28-36H,12H2,1H3/b3-2+/t22-,24+,25-,26+,28-/m0/s1. The minimum absolute atomic E-state index is 0.00604. The Morgan fingerprint density at radius 2 is 1.56 bits per heavy atom. The van der Waals surface area contributed by atoms with Crippen LogP contribution in [0, 0.1) is 0 Å². The molecule has 3 aromatic rings. The van der Waals surface area contributed by atoms with Crippen LogP contribution in [0.2, 0.25) is 0 Å². The topological polar surface area (TPSA) is 216 Å². The van der Waals surface area contributed by atoms with E-state index in [9.17, 15) is 45.6 Å². The van der Waals surface area contributed by atoms with Crippen molar-refractivity contribution in [2.24, 2.45) is 0 Å². The van der Waals surface area contributed by atoms with Crippen LogP contribution in [0.1, 0.15) is 21.5 Å². The molecular formula is C28H28O13. The van der Waals surface area contributed by atoms with Crippen LogP contribution in [0.15, 0.2) is 48.5 Å². The Kier molecular flexibility index (Phi) is 8.74. The fourth-order valence-corrected chi connectivity index (χ4v) is 4.10. The average molecular weight is 573 g/mol. The summed E-state index contributed by atoms with van der Waals surface area (Å²) in [4.78, 5) is 12.8. The van der Waals surface area contributed by atoms with Crippen LogP contribution in [0.25, 0.3) is 12.2 Å². The number of phenolic OH excluding ortho intramolecular Hbond substituents is 5. The predicted octanol–water partition coefficient (Wildman–Crippen LogP) is 1.44. The third kappa shape index (κ3) is 6.56. The van der Waals surface area contributed by atoms with E-state index < -0.39 is 66.1 Å². The van der Waals surface area contributed by atoms with Gasteiger partial charge in [-0.05, 0) is 47.5 Å². The van der Waals surface area contributed by atoms with E-state index in [-0.39, 0.29) is 17.2 Å². The van der Waals surface area contributed by atoms with E-state index in [0.29, 0.717) is 16.9 Å². The summed E-state index contributed by atoms with van der Waals surface area (Å²) in [6.07, 6.45) is -4.88. The second-order valence-corrected chi connectivity index (χ2v) is 9.08. The highest BCUT2D eigenvalue weighted by molar-refractivity contribution is 5.91. The summed E-state index contributed by atoms with van der Waals surface area (Å²) in [5.41, 5.74) is 0.650. The molecule has 5 atom stereocenters. The highest BCUT2D eigenvalue weighted by Crippen LogP contribution is 2.36. The molecule has 13 heteroatoms. The summed E-state index contributed by atoms with van der Waals surface area (Å²) in [6.45, 7) is -0.721. The number of ether oxygens (including phenoxy) is 4. The highest BCUT2D eigenvalue weighted by Gasteiger charge is 2.48. The second-order valence-electron chi connectivity index (χ2n) is 9.08. The summed E-state index contributed by atoms with van der Waals surface area (Å²) in [5.74, 6) is -3.67. The van der Waals surface area contributed by atoms with E-state index in [0.717, 1.165) is 12.1 Å². The van der Waals surface area contributed by atoms with Crippen LogP contribution in [0.4, 0.5) is 0 Å². The van der Waals surface area contributed by atoms with Gasteiger partial charge in [-0.25, -0.2) is 4.79 Å². The number of aliphatic hydroxyl groups is 3. The normalized spacial score (nSPS) is 22.4. The zero-order chi connectivity index (χ0) is 29.8. The lowest BCUT2D eigenvalue weighted by Crippen LogP contribution is -2.61. The molecule has 0 radical (unpaired) electrons. The smallest absolute Gasteiger partial charge is 0.339 e. The van der Waals surface area contributed by atoms with Crippen molar-refractivity contribution >= 4 is 18.1 Å². The molecule has 3 aromatic carbocycles. The summed E-state index contributed by atoms with van der Waals surface area (Å²) in [6, 6.07) is 10.5. The number of benzene rings is 3. The largest absolute Gasteiger partial charge is 0.508 e. The number of esters is 1. The number of phenols is 5. The second kappa shape index (κ2) is 12.2. The number of aromatic hydroxyl groups is 5. The Balaban J connectivity index is 1.58. The molecule has 4 rings (SSSR count). The molecule has 1 heterocycles. The molecule has 0 aliphatic carbocycles. The Morgan fingerprint density at radius 1 is 0.878 bits per heavy atom. The third-order valence-electron chi connectivity index (χ3n) is 6.21. The van der Waals surface area contributed by atoms with Crippen LogP contribution in [-0.4, -0.2) is 91.2 Å². The minimum Gasteiger partial charge on any atom is -0.508 e. The molecule has 1 aliphatic heterocycles. The molecule has 0 saturated carbocycles. The molecule has 0 aromatic heterocycles. The number of rotatable bonds is 8. The van der Waals surface area contributed by atoms with Crippen molar-refractivity contribution in [3.8, 4) is 40.2 Å². The maximum absolute atomic E-state index is 12.8. The Bertz CT molecular complexity index is 1410. The Morgan fingerprint density at radius 3 is 2.20 bits per heavy atom. The molecule has 0 bridgehead atoms. The van der Waals surface area contributed by atoms with Gasteiger partial charge >= 0.3 is 5.97 Å². The van der Waals surface area contributed by atoms with E-state index in [1.165, 1.54) is 31.4 Å². The Labute approximate surface area is 232 Å². The zero-order valence-corrected chi connectivity index (χ0v) is 21.5. The first-order chi connectivity index (χ1) is 19.5. The minimum atomic E-state index is -1.81. The van der Waals surface area contributed by atoms with Gasteiger partial charge < -0.3 is 59.8 Å². The summed E-state index contributed by atoms with van der Waals surface area (Å²) >= 11 is 0. The van der Waals surface area contributed by atoms with Gasteiger partial charge in [0.25, 0.3) is 0 Å². The molecule has 8 N–H and O–H groups in total. The van der Waals surface area contributed by atoms with Gasteiger partial charge in [-0.1, -0.05) is 18.2 Å². The molecular weight excluding hydrogens is 544 g/mol. The van der Waals surface area contributed by atoms with E-state index >= 15 is 0 Å². The number of carbonyl (C=O) groups is 1. The third-order valence-corrected chi connectivity index (χ3v) is 6.21. The van der Waals surface area contributed by atoms with Gasteiger partial charge in [0.2, 0.25) is 6.29 Å². The van der Waals surface area contributed by atoms with Gasteiger partial charge in [-0.2, -0.15) is 0 Å². The number of methoxy groups -OCH3 is 1. The molecule has 1 aliphatic rings. The number of hydrogen-bond acceptors (Lipinski definition) is 13. The van der Waals surface area contributed by atoms with E-state index in [2.05, 4.69) is 0 Å². The first-order valence-electron chi connectivity index (χ1n) is 12.1. The summed E-state index contributed by atoms with van der Waals surface area (Å²) in [5, 5.41) is 79.8. The lowest BCUT2D eigenvalue weighted by molar-refractivity contribution is -0.276. The van der Waals surface area contributed by atoms with Gasteiger partial charge in [-0.15, -0.1) is 0 Å². The van der Waals surface area contributed by atoms with Crippen LogP contribution in [0.5, 0.6) is 40.2 Å². The van der Waals surface area contributed by atoms with Gasteiger partial charge in [0.05, 0.1) is 19.3 Å². The molecule has 0 unspecified atom stereocenters. The molecule has 218 valence electrons. The fraction of sp³-hybridized carbons (Fsp3) is 0.250. The molecule has 0 spiro atoms. The molecule has 41 heavy (non-hydrogen) atoms. The lowest BCUT2D eigenvalue weighted by atomic mass is 9.99.